The Bertz CT molecular complexity index is 750. The number of methoxy groups -OCH3 is 1. The summed E-state index contributed by atoms with van der Waals surface area (Å²) in [5, 5.41) is 15.8. The zero-order valence-electron chi connectivity index (χ0n) is 14.5. The highest BCUT2D eigenvalue weighted by Gasteiger charge is 2.18. The van der Waals surface area contributed by atoms with E-state index in [1.54, 1.807) is 12.1 Å². The van der Waals surface area contributed by atoms with Gasteiger partial charge in [0.1, 0.15) is 0 Å². The summed E-state index contributed by atoms with van der Waals surface area (Å²) in [6, 6.07) is 6.18. The molecule has 1 heterocycles. The molecule has 25 heavy (non-hydrogen) atoms. The van der Waals surface area contributed by atoms with E-state index in [9.17, 15) is 14.7 Å². The molecule has 0 spiro atoms. The van der Waals surface area contributed by atoms with E-state index in [4.69, 9.17) is 9.26 Å². The summed E-state index contributed by atoms with van der Waals surface area (Å²) in [5.41, 5.74) is 1.82. The van der Waals surface area contributed by atoms with Crippen LogP contribution in [-0.2, 0) is 11.3 Å². The number of carbonyl (C=O) groups is 2. The van der Waals surface area contributed by atoms with E-state index in [0.717, 1.165) is 18.5 Å². The highest BCUT2D eigenvalue weighted by atomic mass is 16.5. The van der Waals surface area contributed by atoms with Crippen molar-refractivity contribution in [3.63, 3.8) is 0 Å². The van der Waals surface area contributed by atoms with E-state index in [-0.39, 0.29) is 23.8 Å². The molecule has 0 unspecified atom stereocenters. The van der Waals surface area contributed by atoms with Crippen LogP contribution in [-0.4, -0.2) is 29.2 Å². The van der Waals surface area contributed by atoms with Crippen molar-refractivity contribution in [3.05, 3.63) is 46.8 Å². The lowest BCUT2D eigenvalue weighted by Crippen LogP contribution is -2.12. The summed E-state index contributed by atoms with van der Waals surface area (Å²) in [7, 11) is 1.51. The van der Waals surface area contributed by atoms with Crippen LogP contribution in [0.4, 0.5) is 5.69 Å². The minimum Gasteiger partial charge on any atom is -0.478 e. The van der Waals surface area contributed by atoms with Gasteiger partial charge in [0.05, 0.1) is 17.9 Å². The molecule has 1 aromatic heterocycles. The van der Waals surface area contributed by atoms with Gasteiger partial charge in [-0.1, -0.05) is 19.0 Å². The van der Waals surface area contributed by atoms with Crippen molar-refractivity contribution in [1.29, 1.82) is 0 Å². The number of aromatic nitrogens is 1. The molecule has 0 aliphatic carbocycles. The standard InChI is InChI=1S/C18H22N2O5/c1-4-12(5-2)15-9-16(25-20-15)17(21)19-14-7-11(10-24-3)6-13(8-14)18(22)23/h6-9,12H,4-5,10H2,1-3H3,(H,19,21)(H,22,23). The highest BCUT2D eigenvalue weighted by molar-refractivity contribution is 6.03. The summed E-state index contributed by atoms with van der Waals surface area (Å²) < 4.78 is 10.2. The molecule has 0 radical (unpaired) electrons. The first-order valence-corrected chi connectivity index (χ1v) is 8.12. The number of carbonyl (C=O) groups excluding carboxylic acids is 1. The van der Waals surface area contributed by atoms with Gasteiger partial charge < -0.3 is 19.7 Å². The van der Waals surface area contributed by atoms with Crippen molar-refractivity contribution >= 4 is 17.6 Å². The van der Waals surface area contributed by atoms with Gasteiger partial charge in [-0.15, -0.1) is 0 Å². The van der Waals surface area contributed by atoms with Crippen molar-refractivity contribution in [2.24, 2.45) is 0 Å². The Morgan fingerprint density at radius 2 is 1.96 bits per heavy atom. The molecule has 0 fully saturated rings. The summed E-state index contributed by atoms with van der Waals surface area (Å²) >= 11 is 0. The largest absolute Gasteiger partial charge is 0.478 e. The second-order valence-corrected chi connectivity index (χ2v) is 5.74. The van der Waals surface area contributed by atoms with Gasteiger partial charge in [-0.25, -0.2) is 4.79 Å². The smallest absolute Gasteiger partial charge is 0.335 e. The van der Waals surface area contributed by atoms with Crippen molar-refractivity contribution in [3.8, 4) is 0 Å². The van der Waals surface area contributed by atoms with Crippen LogP contribution >= 0.6 is 0 Å². The summed E-state index contributed by atoms with van der Waals surface area (Å²) in [5.74, 6) is -1.22. The van der Waals surface area contributed by atoms with Gasteiger partial charge >= 0.3 is 5.97 Å². The van der Waals surface area contributed by atoms with E-state index in [0.29, 0.717) is 11.3 Å². The van der Waals surface area contributed by atoms with Gasteiger partial charge in [-0.3, -0.25) is 4.79 Å². The molecule has 2 rings (SSSR count). The third-order valence-corrected chi connectivity index (χ3v) is 3.96. The van der Waals surface area contributed by atoms with Gasteiger partial charge in [0.2, 0.25) is 5.76 Å². The Kier molecular flexibility index (Phi) is 6.30. The van der Waals surface area contributed by atoms with Gasteiger partial charge in [0.25, 0.3) is 5.91 Å². The molecule has 0 saturated heterocycles. The first-order chi connectivity index (χ1) is 12.0. The average Bonchev–Trinajstić information content (AvgIpc) is 3.06. The average molecular weight is 346 g/mol. The summed E-state index contributed by atoms with van der Waals surface area (Å²) in [6.07, 6.45) is 1.82. The fraction of sp³-hybridized carbons (Fsp3) is 0.389. The van der Waals surface area contributed by atoms with Crippen LogP contribution in [0.15, 0.2) is 28.8 Å². The number of ether oxygens (including phenoxy) is 1. The topological polar surface area (TPSA) is 102 Å². The van der Waals surface area contributed by atoms with Crippen LogP contribution in [0.25, 0.3) is 0 Å². The van der Waals surface area contributed by atoms with Crippen LogP contribution in [0.5, 0.6) is 0 Å². The number of rotatable bonds is 8. The number of aromatic carboxylic acids is 1. The van der Waals surface area contributed by atoms with Gasteiger partial charge in [-0.2, -0.15) is 0 Å². The van der Waals surface area contributed by atoms with Crippen molar-refractivity contribution in [2.75, 3.05) is 12.4 Å². The molecule has 2 N–H and O–H groups in total. The predicted molar refractivity (Wildman–Crippen MR) is 91.9 cm³/mol. The number of carboxylic acids is 1. The monoisotopic (exact) mass is 346 g/mol. The molecule has 0 aliphatic rings. The molecular formula is C18H22N2O5. The number of amides is 1. The third kappa shape index (κ3) is 4.67. The Morgan fingerprint density at radius 1 is 1.24 bits per heavy atom. The van der Waals surface area contributed by atoms with E-state index in [1.165, 1.54) is 19.2 Å². The number of carboxylic acid groups (broad SMARTS) is 1. The Hall–Kier alpha value is -2.67. The lowest BCUT2D eigenvalue weighted by atomic mass is 9.99. The second kappa shape index (κ2) is 8.43. The maximum atomic E-state index is 12.4. The van der Waals surface area contributed by atoms with Crippen LogP contribution < -0.4 is 5.32 Å². The van der Waals surface area contributed by atoms with Gasteiger partial charge in [-0.05, 0) is 36.6 Å². The molecule has 0 bridgehead atoms. The van der Waals surface area contributed by atoms with Crippen molar-refractivity contribution in [2.45, 2.75) is 39.2 Å². The molecule has 7 nitrogen and oxygen atoms in total. The molecule has 134 valence electrons. The normalized spacial score (nSPS) is 10.9. The number of nitrogens with zero attached hydrogens (tertiary/aromatic N) is 1. The van der Waals surface area contributed by atoms with Crippen LogP contribution in [0.1, 0.15) is 64.8 Å². The lowest BCUT2D eigenvalue weighted by Gasteiger charge is -2.08. The SMILES string of the molecule is CCC(CC)c1cc(C(=O)Nc2cc(COC)cc(C(=O)O)c2)on1. The van der Waals surface area contributed by atoms with Crippen molar-refractivity contribution < 1.29 is 24.0 Å². The van der Waals surface area contributed by atoms with Gasteiger partial charge in [0.15, 0.2) is 0 Å². The highest BCUT2D eigenvalue weighted by Crippen LogP contribution is 2.23. The lowest BCUT2D eigenvalue weighted by molar-refractivity contribution is 0.0696. The van der Waals surface area contributed by atoms with E-state index in [2.05, 4.69) is 24.3 Å². The molecule has 0 aliphatic heterocycles. The Morgan fingerprint density at radius 3 is 2.56 bits per heavy atom. The fourth-order valence-corrected chi connectivity index (χ4v) is 2.63. The molecule has 1 amide bonds. The molecule has 7 heteroatoms. The van der Waals surface area contributed by atoms with E-state index in [1.807, 2.05) is 0 Å². The second-order valence-electron chi connectivity index (χ2n) is 5.74. The molecule has 0 atom stereocenters. The minimum absolute atomic E-state index is 0.0696. The molecule has 1 aromatic carbocycles. The molecule has 0 saturated carbocycles. The van der Waals surface area contributed by atoms with Crippen LogP contribution in [0, 0.1) is 0 Å². The zero-order valence-corrected chi connectivity index (χ0v) is 14.5. The van der Waals surface area contributed by atoms with Crippen molar-refractivity contribution in [1.82, 2.24) is 5.16 Å². The first-order valence-electron chi connectivity index (χ1n) is 8.12. The summed E-state index contributed by atoms with van der Waals surface area (Å²) in [4.78, 5) is 23.6. The maximum Gasteiger partial charge on any atom is 0.335 e. The molecule has 2 aromatic rings. The number of hydrogen-bond donors (Lipinski definition) is 2. The fourth-order valence-electron chi connectivity index (χ4n) is 2.63. The molecular weight excluding hydrogens is 324 g/mol. The Labute approximate surface area is 146 Å². The predicted octanol–water partition coefficient (Wildman–Crippen LogP) is 3.68. The van der Waals surface area contributed by atoms with E-state index >= 15 is 0 Å². The van der Waals surface area contributed by atoms with E-state index < -0.39 is 11.9 Å². The quantitative estimate of drug-likeness (QED) is 0.756. The maximum absolute atomic E-state index is 12.4. The van der Waals surface area contributed by atoms with Crippen LogP contribution in [0.2, 0.25) is 0 Å². The number of benzene rings is 1. The number of anilines is 1. The van der Waals surface area contributed by atoms with Gasteiger partial charge in [0, 0.05) is 24.8 Å². The Balaban J connectivity index is 2.21. The zero-order chi connectivity index (χ0) is 18.4. The first kappa shape index (κ1) is 18.7. The minimum atomic E-state index is -1.08. The number of hydrogen-bond acceptors (Lipinski definition) is 5. The third-order valence-electron chi connectivity index (χ3n) is 3.96. The summed E-state index contributed by atoms with van der Waals surface area (Å²) in [6.45, 7) is 4.35. The number of nitrogens with one attached hydrogen (secondary N) is 1. The van der Waals surface area contributed by atoms with Crippen LogP contribution in [0.3, 0.4) is 0 Å².